The van der Waals surface area contributed by atoms with Crippen molar-refractivity contribution in [2.24, 2.45) is 7.05 Å². The fourth-order valence-corrected chi connectivity index (χ4v) is 3.36. The highest BCUT2D eigenvalue weighted by molar-refractivity contribution is 6.35. The molecule has 0 radical (unpaired) electrons. The van der Waals surface area contributed by atoms with Crippen LogP contribution in [0.25, 0.3) is 33.7 Å². The van der Waals surface area contributed by atoms with E-state index in [0.29, 0.717) is 44.5 Å². The van der Waals surface area contributed by atoms with E-state index in [2.05, 4.69) is 20.1 Å². The van der Waals surface area contributed by atoms with Crippen molar-refractivity contribution in [2.75, 3.05) is 5.73 Å². The Kier molecular flexibility index (Phi) is 4.52. The van der Waals surface area contributed by atoms with Crippen LogP contribution in [-0.2, 0) is 7.05 Å². The molecule has 0 spiro atoms. The Labute approximate surface area is 180 Å². The molecular weight excluding hydrogens is 423 g/mol. The molecule has 10 heteroatoms. The number of ether oxygens (including phenoxy) is 1. The second-order valence-electron chi connectivity index (χ2n) is 6.70. The number of fused-ring (bicyclic) bond motifs is 1. The zero-order valence-corrected chi connectivity index (χ0v) is 16.8. The number of nitrogens with zero attached hydrogens (tertiary/aromatic N) is 5. The Bertz CT molecular complexity index is 1410. The minimum absolute atomic E-state index is 0.0561. The molecule has 3 heterocycles. The summed E-state index contributed by atoms with van der Waals surface area (Å²) in [4.78, 5) is 13.2. The zero-order chi connectivity index (χ0) is 21.5. The predicted molar refractivity (Wildman–Crippen MR) is 113 cm³/mol. The highest BCUT2D eigenvalue weighted by atomic mass is 35.5. The maximum Gasteiger partial charge on any atom is 0.263 e. The molecule has 8 nitrogen and oxygen atoms in total. The van der Waals surface area contributed by atoms with Gasteiger partial charge in [-0.05, 0) is 42.5 Å². The first-order valence-corrected chi connectivity index (χ1v) is 9.50. The number of anilines is 1. The molecule has 5 aromatic rings. The van der Waals surface area contributed by atoms with Gasteiger partial charge in [0.2, 0.25) is 0 Å². The first kappa shape index (κ1) is 19.0. The lowest BCUT2D eigenvalue weighted by Gasteiger charge is -2.12. The Hall–Kier alpha value is -3.98. The molecule has 154 valence electrons. The molecule has 0 bridgehead atoms. The normalized spacial score (nSPS) is 11.2. The van der Waals surface area contributed by atoms with E-state index in [1.807, 2.05) is 0 Å². The maximum atomic E-state index is 13.2. The summed E-state index contributed by atoms with van der Waals surface area (Å²) in [6.45, 7) is 0. The summed E-state index contributed by atoms with van der Waals surface area (Å²) in [5, 5.41) is 4.81. The molecule has 2 aromatic carbocycles. The van der Waals surface area contributed by atoms with Gasteiger partial charge in [-0.25, -0.2) is 19.3 Å². The number of benzene rings is 2. The summed E-state index contributed by atoms with van der Waals surface area (Å²) >= 11 is 6.39. The number of rotatable bonds is 4. The van der Waals surface area contributed by atoms with E-state index in [4.69, 9.17) is 26.5 Å². The van der Waals surface area contributed by atoms with Crippen molar-refractivity contribution < 1.29 is 13.5 Å². The van der Waals surface area contributed by atoms with Crippen LogP contribution in [0, 0.1) is 5.82 Å². The number of oxazole rings is 1. The Morgan fingerprint density at radius 2 is 1.90 bits per heavy atom. The van der Waals surface area contributed by atoms with Gasteiger partial charge in [0.15, 0.2) is 17.8 Å². The molecule has 2 N–H and O–H groups in total. The van der Waals surface area contributed by atoms with E-state index in [9.17, 15) is 4.39 Å². The van der Waals surface area contributed by atoms with Crippen LogP contribution in [0.4, 0.5) is 10.2 Å². The van der Waals surface area contributed by atoms with Crippen molar-refractivity contribution in [3.63, 3.8) is 0 Å². The highest BCUT2D eigenvalue weighted by Crippen LogP contribution is 2.37. The van der Waals surface area contributed by atoms with E-state index in [1.165, 1.54) is 30.7 Å². The van der Waals surface area contributed by atoms with Gasteiger partial charge in [-0.3, -0.25) is 4.68 Å². The van der Waals surface area contributed by atoms with Crippen molar-refractivity contribution in [3.8, 4) is 34.3 Å². The van der Waals surface area contributed by atoms with Crippen LogP contribution in [0.1, 0.15) is 0 Å². The van der Waals surface area contributed by atoms with E-state index in [-0.39, 0.29) is 17.5 Å². The Morgan fingerprint density at radius 1 is 1.10 bits per heavy atom. The van der Waals surface area contributed by atoms with Crippen LogP contribution >= 0.6 is 11.6 Å². The monoisotopic (exact) mass is 436 g/mol. The average molecular weight is 437 g/mol. The topological polar surface area (TPSA) is 105 Å². The van der Waals surface area contributed by atoms with Gasteiger partial charge in [-0.15, -0.1) is 0 Å². The minimum atomic E-state index is -0.382. The summed E-state index contributed by atoms with van der Waals surface area (Å²) in [7, 11) is 1.80. The summed E-state index contributed by atoms with van der Waals surface area (Å²) < 4.78 is 26.1. The summed E-state index contributed by atoms with van der Waals surface area (Å²) in [5.74, 6) is 0.103. The average Bonchev–Trinajstić information content (AvgIpc) is 3.40. The molecule has 31 heavy (non-hydrogen) atoms. The second-order valence-corrected chi connectivity index (χ2v) is 7.11. The number of aryl methyl sites for hydroxylation is 1. The van der Waals surface area contributed by atoms with Crippen LogP contribution in [-0.4, -0.2) is 24.7 Å². The third-order valence-electron chi connectivity index (χ3n) is 4.54. The highest BCUT2D eigenvalue weighted by Gasteiger charge is 2.20. The molecule has 0 unspecified atom stereocenters. The Morgan fingerprint density at radius 3 is 2.65 bits per heavy atom. The predicted octanol–water partition coefficient (Wildman–Crippen LogP) is 4.85. The third-order valence-corrected chi connectivity index (χ3v) is 4.82. The third kappa shape index (κ3) is 3.55. The van der Waals surface area contributed by atoms with Crippen molar-refractivity contribution >= 4 is 28.5 Å². The van der Waals surface area contributed by atoms with E-state index in [0.717, 1.165) is 0 Å². The number of nitrogens with two attached hydrogens (primary N) is 1. The smallest absolute Gasteiger partial charge is 0.263 e. The van der Waals surface area contributed by atoms with Gasteiger partial charge < -0.3 is 14.9 Å². The first-order chi connectivity index (χ1) is 15.0. The summed E-state index contributed by atoms with van der Waals surface area (Å²) in [6, 6.07) is 10.8. The van der Waals surface area contributed by atoms with Crippen molar-refractivity contribution in [2.45, 2.75) is 0 Å². The zero-order valence-electron chi connectivity index (χ0n) is 16.1. The summed E-state index contributed by atoms with van der Waals surface area (Å²) in [6.07, 6.45) is 3.10. The van der Waals surface area contributed by atoms with Gasteiger partial charge in [0.1, 0.15) is 34.2 Å². The van der Waals surface area contributed by atoms with Gasteiger partial charge in [0.25, 0.3) is 5.88 Å². The second kappa shape index (κ2) is 7.37. The van der Waals surface area contributed by atoms with Crippen molar-refractivity contribution in [3.05, 3.63) is 65.9 Å². The SMILES string of the molecule is Cn1ccc(-c2nc(N)c(Oc3ccc(F)cc3)nc2-c2cc(Cl)c3ncoc3c2)n1. The molecule has 0 aliphatic heterocycles. The minimum Gasteiger partial charge on any atom is -0.443 e. The molecular formula is C21H14ClFN6O2. The number of hydrogen-bond acceptors (Lipinski definition) is 7. The van der Waals surface area contributed by atoms with Crippen LogP contribution in [0.15, 0.2) is 59.5 Å². The number of hydrogen-bond donors (Lipinski definition) is 1. The first-order valence-electron chi connectivity index (χ1n) is 9.12. The van der Waals surface area contributed by atoms with Crippen LogP contribution in [0.2, 0.25) is 5.02 Å². The van der Waals surface area contributed by atoms with Crippen LogP contribution in [0.3, 0.4) is 0 Å². The fraction of sp³-hybridized carbons (Fsp3) is 0.0476. The lowest BCUT2D eigenvalue weighted by molar-refractivity contribution is 0.462. The molecule has 0 saturated heterocycles. The quantitative estimate of drug-likeness (QED) is 0.429. The maximum absolute atomic E-state index is 13.2. The van der Waals surface area contributed by atoms with Gasteiger partial charge in [0.05, 0.1) is 5.02 Å². The van der Waals surface area contributed by atoms with Gasteiger partial charge in [-0.1, -0.05) is 11.6 Å². The van der Waals surface area contributed by atoms with Gasteiger partial charge in [-0.2, -0.15) is 5.10 Å². The largest absolute Gasteiger partial charge is 0.443 e. The van der Waals surface area contributed by atoms with Gasteiger partial charge in [0, 0.05) is 18.8 Å². The molecule has 0 atom stereocenters. The van der Waals surface area contributed by atoms with Crippen LogP contribution in [0.5, 0.6) is 11.6 Å². The number of halogens is 2. The molecule has 3 aromatic heterocycles. The number of nitrogen functional groups attached to an aromatic ring is 1. The lowest BCUT2D eigenvalue weighted by Crippen LogP contribution is -2.03. The lowest BCUT2D eigenvalue weighted by atomic mass is 10.1. The molecule has 0 fully saturated rings. The fourth-order valence-electron chi connectivity index (χ4n) is 3.11. The van der Waals surface area contributed by atoms with Gasteiger partial charge >= 0.3 is 0 Å². The van der Waals surface area contributed by atoms with E-state index >= 15 is 0 Å². The van der Waals surface area contributed by atoms with E-state index in [1.54, 1.807) is 36.1 Å². The van der Waals surface area contributed by atoms with Crippen molar-refractivity contribution in [1.29, 1.82) is 0 Å². The van der Waals surface area contributed by atoms with Crippen molar-refractivity contribution in [1.82, 2.24) is 24.7 Å². The van der Waals surface area contributed by atoms with E-state index < -0.39 is 0 Å². The van der Waals surface area contributed by atoms with Crippen LogP contribution < -0.4 is 10.5 Å². The summed E-state index contributed by atoms with van der Waals surface area (Å²) in [5.41, 5.74) is 9.23. The molecule has 0 saturated carbocycles. The standard InChI is InChI=1S/C21H14ClFN6O2/c1-29-7-6-15(28-29)19-17(11-8-14(22)18-16(9-11)30-10-25-18)27-21(20(24)26-19)31-13-4-2-12(23)3-5-13/h2-10H,1H3,(H2,24,26). The molecule has 0 amide bonds. The number of aromatic nitrogens is 5. The Balaban J connectivity index is 1.69. The molecule has 0 aliphatic rings. The molecule has 5 rings (SSSR count). The molecule has 0 aliphatic carbocycles.